The minimum atomic E-state index is -3.35. The first-order valence-corrected chi connectivity index (χ1v) is 9.40. The third-order valence-corrected chi connectivity index (χ3v) is 5.73. The maximum Gasteiger partial charge on any atom is 0.234 e. The van der Waals surface area contributed by atoms with Crippen molar-refractivity contribution in [3.63, 3.8) is 0 Å². The van der Waals surface area contributed by atoms with Gasteiger partial charge in [-0.3, -0.25) is 4.72 Å². The largest absolute Gasteiger partial charge is 0.313 e. The topological polar surface area (TPSA) is 58.2 Å². The van der Waals surface area contributed by atoms with Gasteiger partial charge >= 0.3 is 0 Å². The van der Waals surface area contributed by atoms with Gasteiger partial charge in [0.25, 0.3) is 0 Å². The van der Waals surface area contributed by atoms with Crippen LogP contribution in [0.4, 0.5) is 5.69 Å². The van der Waals surface area contributed by atoms with Crippen molar-refractivity contribution < 1.29 is 8.42 Å². The Kier molecular flexibility index (Phi) is 5.28. The number of piperidine rings is 1. The fourth-order valence-electron chi connectivity index (χ4n) is 2.12. The van der Waals surface area contributed by atoms with E-state index in [-0.39, 0.29) is 11.8 Å². The second kappa shape index (κ2) is 6.56. The molecule has 0 amide bonds. The van der Waals surface area contributed by atoms with E-state index < -0.39 is 10.0 Å². The number of anilines is 1. The van der Waals surface area contributed by atoms with E-state index in [4.69, 9.17) is 0 Å². The van der Waals surface area contributed by atoms with E-state index in [9.17, 15) is 8.42 Å². The lowest BCUT2D eigenvalue weighted by molar-refractivity contribution is 0.424. The first kappa shape index (κ1) is 15.3. The van der Waals surface area contributed by atoms with Crippen LogP contribution in [0.15, 0.2) is 27.1 Å². The highest BCUT2D eigenvalue weighted by atomic mass is 79.9. The van der Waals surface area contributed by atoms with Crippen LogP contribution in [0, 0.1) is 0 Å². The summed E-state index contributed by atoms with van der Waals surface area (Å²) in [6.07, 6.45) is 3.13. The van der Waals surface area contributed by atoms with E-state index in [1.165, 1.54) is 0 Å². The van der Waals surface area contributed by atoms with Gasteiger partial charge in [0.2, 0.25) is 10.0 Å². The maximum atomic E-state index is 12.2. The van der Waals surface area contributed by atoms with E-state index in [0.29, 0.717) is 5.69 Å². The number of para-hydroxylation sites is 1. The van der Waals surface area contributed by atoms with Crippen LogP contribution in [0.25, 0.3) is 0 Å². The number of sulfonamides is 1. The second-order valence-corrected chi connectivity index (χ2v) is 8.10. The summed E-state index contributed by atoms with van der Waals surface area (Å²) in [5, 5.41) is 3.25. The molecule has 1 aliphatic heterocycles. The highest BCUT2D eigenvalue weighted by Crippen LogP contribution is 2.31. The van der Waals surface area contributed by atoms with Crippen LogP contribution in [0.1, 0.15) is 19.3 Å². The predicted molar refractivity (Wildman–Crippen MR) is 84.9 cm³/mol. The van der Waals surface area contributed by atoms with Crippen molar-refractivity contribution >= 4 is 47.6 Å². The lowest BCUT2D eigenvalue weighted by atomic mass is 10.1. The minimum Gasteiger partial charge on any atom is -0.313 e. The molecule has 2 rings (SSSR count). The molecule has 0 aromatic heterocycles. The number of rotatable bonds is 4. The Morgan fingerprint density at radius 2 is 1.95 bits per heavy atom. The average molecular weight is 412 g/mol. The maximum absolute atomic E-state index is 12.2. The average Bonchev–Trinajstić information content (AvgIpc) is 2.35. The molecule has 1 aromatic carbocycles. The van der Waals surface area contributed by atoms with Gasteiger partial charge in [-0.05, 0) is 63.4 Å². The van der Waals surface area contributed by atoms with E-state index >= 15 is 0 Å². The Balaban J connectivity index is 2.08. The number of nitrogens with one attached hydrogen (secondary N) is 2. The quantitative estimate of drug-likeness (QED) is 0.800. The summed E-state index contributed by atoms with van der Waals surface area (Å²) in [5.74, 6) is 0.112. The van der Waals surface area contributed by atoms with E-state index in [0.717, 1.165) is 34.8 Å². The SMILES string of the molecule is O=S(=O)(CC1CCCCN1)Nc1c(Br)cccc1Br. The smallest absolute Gasteiger partial charge is 0.234 e. The molecule has 1 saturated heterocycles. The van der Waals surface area contributed by atoms with Crippen LogP contribution in [-0.2, 0) is 10.0 Å². The highest BCUT2D eigenvalue weighted by molar-refractivity contribution is 9.11. The van der Waals surface area contributed by atoms with Gasteiger partial charge in [0.1, 0.15) is 0 Å². The first-order chi connectivity index (χ1) is 8.98. The molecule has 0 radical (unpaired) electrons. The van der Waals surface area contributed by atoms with Crippen molar-refractivity contribution in [3.05, 3.63) is 27.1 Å². The van der Waals surface area contributed by atoms with Crippen molar-refractivity contribution in [1.29, 1.82) is 0 Å². The zero-order valence-electron chi connectivity index (χ0n) is 10.3. The molecule has 1 aliphatic rings. The molecule has 4 nitrogen and oxygen atoms in total. The van der Waals surface area contributed by atoms with Crippen LogP contribution in [0.5, 0.6) is 0 Å². The molecule has 1 aromatic rings. The summed E-state index contributed by atoms with van der Waals surface area (Å²) in [5.41, 5.74) is 0.554. The summed E-state index contributed by atoms with van der Waals surface area (Å²) >= 11 is 6.70. The summed E-state index contributed by atoms with van der Waals surface area (Å²) in [6, 6.07) is 5.50. The molecule has 1 unspecified atom stereocenters. The number of hydrogen-bond acceptors (Lipinski definition) is 3. The molecule has 0 spiro atoms. The van der Waals surface area contributed by atoms with Gasteiger partial charge in [0, 0.05) is 15.0 Å². The Morgan fingerprint density at radius 1 is 1.26 bits per heavy atom. The van der Waals surface area contributed by atoms with Gasteiger partial charge in [-0.1, -0.05) is 12.5 Å². The molecule has 2 N–H and O–H groups in total. The highest BCUT2D eigenvalue weighted by Gasteiger charge is 2.22. The molecule has 106 valence electrons. The van der Waals surface area contributed by atoms with Crippen LogP contribution >= 0.6 is 31.9 Å². The number of benzene rings is 1. The van der Waals surface area contributed by atoms with Gasteiger partial charge in [-0.25, -0.2) is 8.42 Å². The molecule has 1 atom stereocenters. The Hall–Kier alpha value is -0.110. The molecule has 7 heteroatoms. The molecule has 1 fully saturated rings. The lowest BCUT2D eigenvalue weighted by Gasteiger charge is -2.23. The third kappa shape index (κ3) is 4.44. The van der Waals surface area contributed by atoms with Crippen LogP contribution in [0.3, 0.4) is 0 Å². The second-order valence-electron chi connectivity index (χ2n) is 4.63. The van der Waals surface area contributed by atoms with Crippen molar-refractivity contribution in [2.24, 2.45) is 0 Å². The predicted octanol–water partition coefficient (Wildman–Crippen LogP) is 3.10. The zero-order chi connectivity index (χ0) is 13.9. The normalized spacial score (nSPS) is 20.2. The van der Waals surface area contributed by atoms with Crippen LogP contribution in [-0.4, -0.2) is 26.8 Å². The van der Waals surface area contributed by atoms with Gasteiger partial charge in [-0.15, -0.1) is 0 Å². The molecule has 19 heavy (non-hydrogen) atoms. The number of hydrogen-bond donors (Lipinski definition) is 2. The van der Waals surface area contributed by atoms with Crippen molar-refractivity contribution in [2.45, 2.75) is 25.3 Å². The summed E-state index contributed by atoms with van der Waals surface area (Å²) < 4.78 is 28.4. The van der Waals surface area contributed by atoms with Gasteiger partial charge in [-0.2, -0.15) is 0 Å². The summed E-state index contributed by atoms with van der Waals surface area (Å²) in [6.45, 7) is 0.902. The Morgan fingerprint density at radius 3 is 2.53 bits per heavy atom. The molecule has 0 bridgehead atoms. The van der Waals surface area contributed by atoms with Gasteiger partial charge < -0.3 is 5.32 Å². The summed E-state index contributed by atoms with van der Waals surface area (Å²) in [4.78, 5) is 0. The van der Waals surface area contributed by atoms with Crippen LogP contribution in [0.2, 0.25) is 0 Å². The van der Waals surface area contributed by atoms with Crippen LogP contribution < -0.4 is 10.0 Å². The third-order valence-electron chi connectivity index (χ3n) is 3.05. The van der Waals surface area contributed by atoms with Crippen molar-refractivity contribution in [1.82, 2.24) is 5.32 Å². The molecular formula is C12H16Br2N2O2S. The molecule has 0 saturated carbocycles. The fraction of sp³-hybridized carbons (Fsp3) is 0.500. The van der Waals surface area contributed by atoms with E-state index in [2.05, 4.69) is 41.9 Å². The van der Waals surface area contributed by atoms with Crippen molar-refractivity contribution in [3.8, 4) is 0 Å². The van der Waals surface area contributed by atoms with Gasteiger partial charge in [0.15, 0.2) is 0 Å². The Labute approximate surface area is 130 Å². The lowest BCUT2D eigenvalue weighted by Crippen LogP contribution is -2.40. The van der Waals surface area contributed by atoms with E-state index in [1.54, 1.807) is 0 Å². The fourth-order valence-corrected chi connectivity index (χ4v) is 5.01. The van der Waals surface area contributed by atoms with Crippen molar-refractivity contribution in [2.75, 3.05) is 17.0 Å². The summed E-state index contributed by atoms with van der Waals surface area (Å²) in [7, 11) is -3.35. The monoisotopic (exact) mass is 410 g/mol. The van der Waals surface area contributed by atoms with Gasteiger partial charge in [0.05, 0.1) is 11.4 Å². The number of halogens is 2. The van der Waals surface area contributed by atoms with E-state index in [1.807, 2.05) is 18.2 Å². The molecule has 0 aliphatic carbocycles. The molecule has 1 heterocycles. The zero-order valence-corrected chi connectivity index (χ0v) is 14.3. The Bertz CT molecular complexity index is 522. The first-order valence-electron chi connectivity index (χ1n) is 6.16. The standard InChI is InChI=1S/C12H16Br2N2O2S/c13-10-5-3-6-11(14)12(10)16-19(17,18)8-9-4-1-2-7-15-9/h3,5-6,9,15-16H,1-2,4,7-8H2. The molecular weight excluding hydrogens is 396 g/mol. The minimum absolute atomic E-state index is 0.0486.